The maximum atomic E-state index is 11.6. The fourth-order valence-corrected chi connectivity index (χ4v) is 4.19. The van der Waals surface area contributed by atoms with Crippen LogP contribution in [0.15, 0.2) is 48.5 Å². The summed E-state index contributed by atoms with van der Waals surface area (Å²) in [6, 6.07) is 15.7. The molecule has 1 aromatic carbocycles. The van der Waals surface area contributed by atoms with Crippen LogP contribution in [-0.2, 0) is 0 Å². The number of amides is 2. The second-order valence-electron chi connectivity index (χ2n) is 5.06. The van der Waals surface area contributed by atoms with Gasteiger partial charge in [-0.05, 0) is 35.4 Å². The molecule has 0 aliphatic rings. The average molecular weight is 356 g/mol. The minimum Gasteiger partial charge on any atom is -0.354 e. The minimum absolute atomic E-state index is 0.0665. The van der Waals surface area contributed by atoms with E-state index in [2.05, 4.69) is 10.6 Å². The molecule has 2 N–H and O–H groups in total. The van der Waals surface area contributed by atoms with Gasteiger partial charge >= 0.3 is 0 Å². The Hall–Kier alpha value is -2.44. The molecule has 0 fully saturated rings. The third kappa shape index (κ3) is 3.25. The zero-order valence-corrected chi connectivity index (χ0v) is 14.9. The molecule has 2 heterocycles. The van der Waals surface area contributed by atoms with Crippen LogP contribution in [0.2, 0.25) is 0 Å². The molecule has 3 aromatic rings. The van der Waals surface area contributed by atoms with Crippen LogP contribution in [-0.4, -0.2) is 25.9 Å². The van der Waals surface area contributed by atoms with Gasteiger partial charge in [-0.15, -0.1) is 22.7 Å². The fourth-order valence-electron chi connectivity index (χ4n) is 2.28. The molecule has 0 bridgehead atoms. The molecule has 0 aliphatic carbocycles. The second-order valence-corrected chi connectivity index (χ2v) is 7.23. The van der Waals surface area contributed by atoms with E-state index in [0.717, 1.165) is 20.9 Å². The summed E-state index contributed by atoms with van der Waals surface area (Å²) in [5, 5.41) is 5.27. The van der Waals surface area contributed by atoms with E-state index >= 15 is 0 Å². The van der Waals surface area contributed by atoms with Crippen LogP contribution in [0.1, 0.15) is 19.3 Å². The van der Waals surface area contributed by atoms with E-state index in [1.54, 1.807) is 14.1 Å². The van der Waals surface area contributed by atoms with Crippen molar-refractivity contribution in [1.82, 2.24) is 10.6 Å². The van der Waals surface area contributed by atoms with E-state index in [0.29, 0.717) is 9.75 Å². The molecule has 24 heavy (non-hydrogen) atoms. The van der Waals surface area contributed by atoms with Gasteiger partial charge in [-0.2, -0.15) is 0 Å². The number of hydrogen-bond acceptors (Lipinski definition) is 4. The van der Waals surface area contributed by atoms with Gasteiger partial charge in [-0.3, -0.25) is 9.59 Å². The highest BCUT2D eigenvalue weighted by atomic mass is 32.1. The Balaban J connectivity index is 1.83. The molecule has 0 unspecified atom stereocenters. The molecule has 2 aromatic heterocycles. The zero-order chi connectivity index (χ0) is 17.1. The van der Waals surface area contributed by atoms with Crippen molar-refractivity contribution in [2.75, 3.05) is 14.1 Å². The highest BCUT2D eigenvalue weighted by Gasteiger charge is 2.10. The third-order valence-corrected chi connectivity index (χ3v) is 5.83. The van der Waals surface area contributed by atoms with E-state index in [1.165, 1.54) is 22.7 Å². The van der Waals surface area contributed by atoms with E-state index < -0.39 is 0 Å². The Morgan fingerprint density at radius 2 is 1.04 bits per heavy atom. The van der Waals surface area contributed by atoms with E-state index in [1.807, 2.05) is 48.5 Å². The Morgan fingerprint density at radius 1 is 0.667 bits per heavy atom. The summed E-state index contributed by atoms with van der Waals surface area (Å²) in [4.78, 5) is 26.8. The van der Waals surface area contributed by atoms with Crippen molar-refractivity contribution in [3.05, 3.63) is 58.3 Å². The standard InChI is InChI=1S/C18H16N2O2S2/c1-19-17(21)15-9-7-13(23-15)11-3-5-12(6-4-11)14-8-10-16(24-14)18(22)20-2/h3-10H,1-2H3,(H,19,21)(H,20,22). The summed E-state index contributed by atoms with van der Waals surface area (Å²) >= 11 is 2.94. The first-order valence-electron chi connectivity index (χ1n) is 7.37. The SMILES string of the molecule is CNC(=O)c1ccc(-c2ccc(-c3ccc(C(=O)NC)s3)cc2)s1. The lowest BCUT2D eigenvalue weighted by Gasteiger charge is -2.01. The van der Waals surface area contributed by atoms with Gasteiger partial charge in [-0.25, -0.2) is 0 Å². The van der Waals surface area contributed by atoms with Crippen molar-refractivity contribution in [3.63, 3.8) is 0 Å². The van der Waals surface area contributed by atoms with Crippen LogP contribution in [0.25, 0.3) is 20.9 Å². The summed E-state index contributed by atoms with van der Waals surface area (Å²) in [6.07, 6.45) is 0. The van der Waals surface area contributed by atoms with E-state index in [9.17, 15) is 9.59 Å². The zero-order valence-electron chi connectivity index (χ0n) is 13.3. The van der Waals surface area contributed by atoms with Crippen molar-refractivity contribution in [3.8, 4) is 20.9 Å². The largest absolute Gasteiger partial charge is 0.354 e. The molecule has 0 radical (unpaired) electrons. The summed E-state index contributed by atoms with van der Waals surface area (Å²) in [5.41, 5.74) is 2.14. The minimum atomic E-state index is -0.0665. The highest BCUT2D eigenvalue weighted by molar-refractivity contribution is 7.17. The van der Waals surface area contributed by atoms with E-state index in [-0.39, 0.29) is 11.8 Å². The molecule has 2 amide bonds. The molecule has 0 saturated carbocycles. The predicted molar refractivity (Wildman–Crippen MR) is 99.8 cm³/mol. The monoisotopic (exact) mass is 356 g/mol. The first-order valence-corrected chi connectivity index (χ1v) is 9.00. The van der Waals surface area contributed by atoms with Crippen LogP contribution in [0.5, 0.6) is 0 Å². The third-order valence-electron chi connectivity index (χ3n) is 3.57. The Kier molecular flexibility index (Phi) is 4.78. The lowest BCUT2D eigenvalue weighted by Crippen LogP contribution is -2.15. The van der Waals surface area contributed by atoms with Crippen molar-refractivity contribution in [2.45, 2.75) is 0 Å². The Morgan fingerprint density at radius 3 is 1.38 bits per heavy atom. The number of thiophene rings is 2. The van der Waals surface area contributed by atoms with Gasteiger partial charge in [0.15, 0.2) is 0 Å². The quantitative estimate of drug-likeness (QED) is 0.746. The normalized spacial score (nSPS) is 10.4. The topological polar surface area (TPSA) is 58.2 Å². The molecule has 122 valence electrons. The van der Waals surface area contributed by atoms with Crippen molar-refractivity contribution < 1.29 is 9.59 Å². The second kappa shape index (κ2) is 6.98. The van der Waals surface area contributed by atoms with Gasteiger partial charge in [0.05, 0.1) is 9.75 Å². The molecular formula is C18H16N2O2S2. The van der Waals surface area contributed by atoms with Crippen LogP contribution in [0, 0.1) is 0 Å². The number of carbonyl (C=O) groups excluding carboxylic acids is 2. The highest BCUT2D eigenvalue weighted by Crippen LogP contribution is 2.32. The molecule has 0 aliphatic heterocycles. The molecular weight excluding hydrogens is 340 g/mol. The van der Waals surface area contributed by atoms with Crippen LogP contribution < -0.4 is 10.6 Å². The maximum Gasteiger partial charge on any atom is 0.261 e. The summed E-state index contributed by atoms with van der Waals surface area (Å²) in [5.74, 6) is -0.133. The van der Waals surface area contributed by atoms with Crippen LogP contribution in [0.3, 0.4) is 0 Å². The van der Waals surface area contributed by atoms with Crippen molar-refractivity contribution in [1.29, 1.82) is 0 Å². The number of benzene rings is 1. The number of hydrogen-bond donors (Lipinski definition) is 2. The fraction of sp³-hybridized carbons (Fsp3) is 0.111. The smallest absolute Gasteiger partial charge is 0.261 e. The number of nitrogens with one attached hydrogen (secondary N) is 2. The van der Waals surface area contributed by atoms with Crippen LogP contribution >= 0.6 is 22.7 Å². The van der Waals surface area contributed by atoms with Gasteiger partial charge in [0.2, 0.25) is 0 Å². The van der Waals surface area contributed by atoms with Gasteiger partial charge in [0.25, 0.3) is 11.8 Å². The van der Waals surface area contributed by atoms with E-state index in [4.69, 9.17) is 0 Å². The van der Waals surface area contributed by atoms with Crippen molar-refractivity contribution >= 4 is 34.5 Å². The molecule has 0 saturated heterocycles. The molecule has 4 nitrogen and oxygen atoms in total. The first-order chi connectivity index (χ1) is 11.6. The summed E-state index contributed by atoms with van der Waals surface area (Å²) < 4.78 is 0. The number of rotatable bonds is 4. The van der Waals surface area contributed by atoms with Crippen molar-refractivity contribution in [2.24, 2.45) is 0 Å². The summed E-state index contributed by atoms with van der Waals surface area (Å²) in [6.45, 7) is 0. The van der Waals surface area contributed by atoms with Gasteiger partial charge in [-0.1, -0.05) is 24.3 Å². The van der Waals surface area contributed by atoms with Gasteiger partial charge < -0.3 is 10.6 Å². The van der Waals surface area contributed by atoms with Crippen LogP contribution in [0.4, 0.5) is 0 Å². The lowest BCUT2D eigenvalue weighted by molar-refractivity contribution is 0.0959. The number of carbonyl (C=O) groups is 2. The first kappa shape index (κ1) is 16.4. The molecule has 0 spiro atoms. The predicted octanol–water partition coefficient (Wildman–Crippen LogP) is 3.86. The molecule has 0 atom stereocenters. The maximum absolute atomic E-state index is 11.6. The summed E-state index contributed by atoms with van der Waals surface area (Å²) in [7, 11) is 3.26. The molecule has 3 rings (SSSR count). The van der Waals surface area contributed by atoms with Gasteiger partial charge in [0.1, 0.15) is 0 Å². The Labute approximate surface area is 148 Å². The Bertz CT molecular complexity index is 805. The average Bonchev–Trinajstić information content (AvgIpc) is 3.30. The lowest BCUT2D eigenvalue weighted by atomic mass is 10.1. The molecule has 6 heteroatoms. The van der Waals surface area contributed by atoms with Gasteiger partial charge in [0, 0.05) is 23.8 Å².